The number of benzene rings is 3. The first-order chi connectivity index (χ1) is 17.3. The number of hydrogen-bond acceptors (Lipinski definition) is 7. The summed E-state index contributed by atoms with van der Waals surface area (Å²) in [6.07, 6.45) is 1.46. The highest BCUT2D eigenvalue weighted by Crippen LogP contribution is 2.38. The van der Waals surface area contributed by atoms with Gasteiger partial charge in [0.15, 0.2) is 17.2 Å². The Labute approximate surface area is 224 Å². The maximum atomic E-state index is 12.5. The van der Waals surface area contributed by atoms with Gasteiger partial charge in [0, 0.05) is 22.2 Å². The van der Waals surface area contributed by atoms with Crippen molar-refractivity contribution in [2.75, 3.05) is 6.61 Å². The lowest BCUT2D eigenvalue weighted by molar-refractivity contribution is -0.384. The standard InChI is InChI=1S/C25H17BrCl2N2O6/c1-2-34-22-11-14(9-20(28)23(22)35-13-15-5-3-4-6-18(15)26)10-21-25(31)36-24(29-21)17-12-16(30(32)33)7-8-19(17)27/h3-12H,2,13H2,1H3/b21-10-. The molecule has 1 aliphatic rings. The van der Waals surface area contributed by atoms with Crippen LogP contribution in [0, 0.1) is 10.1 Å². The Hall–Kier alpha value is -3.40. The van der Waals surface area contributed by atoms with E-state index >= 15 is 0 Å². The number of halogens is 3. The van der Waals surface area contributed by atoms with Gasteiger partial charge >= 0.3 is 5.97 Å². The fraction of sp³-hybridized carbons (Fsp3) is 0.120. The molecule has 0 N–H and O–H groups in total. The van der Waals surface area contributed by atoms with E-state index in [1.807, 2.05) is 31.2 Å². The predicted octanol–water partition coefficient (Wildman–Crippen LogP) is 6.99. The summed E-state index contributed by atoms with van der Waals surface area (Å²) >= 11 is 16.2. The van der Waals surface area contributed by atoms with Crippen molar-refractivity contribution >= 4 is 62.8 Å². The molecule has 0 bridgehead atoms. The zero-order valence-corrected chi connectivity index (χ0v) is 21.8. The molecule has 0 spiro atoms. The van der Waals surface area contributed by atoms with Crippen LogP contribution < -0.4 is 9.47 Å². The van der Waals surface area contributed by atoms with Gasteiger partial charge in [-0.1, -0.05) is 57.3 Å². The maximum absolute atomic E-state index is 12.5. The molecule has 0 aromatic heterocycles. The van der Waals surface area contributed by atoms with E-state index in [0.29, 0.717) is 23.7 Å². The van der Waals surface area contributed by atoms with E-state index in [2.05, 4.69) is 20.9 Å². The Balaban J connectivity index is 1.65. The van der Waals surface area contributed by atoms with Crippen LogP contribution in [-0.4, -0.2) is 23.4 Å². The van der Waals surface area contributed by atoms with Crippen molar-refractivity contribution in [2.24, 2.45) is 4.99 Å². The van der Waals surface area contributed by atoms with Crippen molar-refractivity contribution in [3.8, 4) is 11.5 Å². The number of rotatable bonds is 8. The van der Waals surface area contributed by atoms with E-state index in [9.17, 15) is 14.9 Å². The third kappa shape index (κ3) is 5.70. The number of cyclic esters (lactones) is 1. The Bertz CT molecular complexity index is 1420. The van der Waals surface area contributed by atoms with Gasteiger partial charge in [0.25, 0.3) is 5.69 Å². The average Bonchev–Trinajstić information content (AvgIpc) is 3.19. The quantitative estimate of drug-likeness (QED) is 0.121. The fourth-order valence-electron chi connectivity index (χ4n) is 3.31. The van der Waals surface area contributed by atoms with Gasteiger partial charge in [-0.05, 0) is 42.8 Å². The largest absolute Gasteiger partial charge is 0.490 e. The van der Waals surface area contributed by atoms with Crippen LogP contribution in [-0.2, 0) is 16.1 Å². The molecule has 1 heterocycles. The normalized spacial score (nSPS) is 13.9. The van der Waals surface area contributed by atoms with E-state index in [-0.39, 0.29) is 39.5 Å². The third-order valence-electron chi connectivity index (χ3n) is 4.98. The Kier molecular flexibility index (Phi) is 7.93. The molecule has 0 radical (unpaired) electrons. The number of aliphatic imine (C=N–C) groups is 1. The number of hydrogen-bond donors (Lipinski definition) is 0. The van der Waals surface area contributed by atoms with Crippen molar-refractivity contribution < 1.29 is 23.9 Å². The first-order valence-electron chi connectivity index (χ1n) is 10.6. The summed E-state index contributed by atoms with van der Waals surface area (Å²) < 4.78 is 17.8. The number of carbonyl (C=O) groups excluding carboxylic acids is 1. The highest BCUT2D eigenvalue weighted by Gasteiger charge is 2.27. The van der Waals surface area contributed by atoms with Crippen LogP contribution in [0.3, 0.4) is 0 Å². The molecule has 1 aliphatic heterocycles. The molecule has 0 atom stereocenters. The van der Waals surface area contributed by atoms with E-state index in [1.165, 1.54) is 24.3 Å². The molecule has 8 nitrogen and oxygen atoms in total. The zero-order chi connectivity index (χ0) is 25.8. The van der Waals surface area contributed by atoms with Gasteiger partial charge < -0.3 is 14.2 Å². The minimum absolute atomic E-state index is 0.0343. The molecule has 0 aliphatic carbocycles. The van der Waals surface area contributed by atoms with Crippen LogP contribution in [0.15, 0.2) is 69.8 Å². The number of nitro groups is 1. The molecule has 0 saturated heterocycles. The highest BCUT2D eigenvalue weighted by atomic mass is 79.9. The minimum Gasteiger partial charge on any atom is -0.490 e. The van der Waals surface area contributed by atoms with Crippen molar-refractivity contribution in [3.05, 3.63) is 102 Å². The van der Waals surface area contributed by atoms with Gasteiger partial charge in [0.05, 0.1) is 27.1 Å². The molecule has 0 fully saturated rings. The smallest absolute Gasteiger partial charge is 0.363 e. The molecular weight excluding hydrogens is 575 g/mol. The third-order valence-corrected chi connectivity index (χ3v) is 6.36. The van der Waals surface area contributed by atoms with Gasteiger partial charge in [-0.15, -0.1) is 0 Å². The number of esters is 1. The molecule has 3 aromatic rings. The van der Waals surface area contributed by atoms with Crippen molar-refractivity contribution in [2.45, 2.75) is 13.5 Å². The van der Waals surface area contributed by atoms with E-state index in [0.717, 1.165) is 10.0 Å². The van der Waals surface area contributed by atoms with Crippen LogP contribution in [0.1, 0.15) is 23.6 Å². The summed E-state index contributed by atoms with van der Waals surface area (Å²) in [7, 11) is 0. The van der Waals surface area contributed by atoms with Crippen molar-refractivity contribution in [1.82, 2.24) is 0 Å². The Morgan fingerprint density at radius 1 is 1.11 bits per heavy atom. The Morgan fingerprint density at radius 2 is 1.89 bits per heavy atom. The lowest BCUT2D eigenvalue weighted by Crippen LogP contribution is -2.06. The maximum Gasteiger partial charge on any atom is 0.363 e. The second kappa shape index (κ2) is 11.1. The summed E-state index contributed by atoms with van der Waals surface area (Å²) in [6.45, 7) is 2.44. The number of carbonyl (C=O) groups is 1. The van der Waals surface area contributed by atoms with Crippen molar-refractivity contribution in [3.63, 3.8) is 0 Å². The molecule has 0 amide bonds. The molecule has 36 heavy (non-hydrogen) atoms. The molecular formula is C25H17BrCl2N2O6. The fourth-order valence-corrected chi connectivity index (χ4v) is 4.18. The van der Waals surface area contributed by atoms with E-state index < -0.39 is 10.9 Å². The van der Waals surface area contributed by atoms with Crippen LogP contribution >= 0.6 is 39.1 Å². The average molecular weight is 592 g/mol. The van der Waals surface area contributed by atoms with E-state index in [4.69, 9.17) is 37.4 Å². The van der Waals surface area contributed by atoms with Crippen molar-refractivity contribution in [1.29, 1.82) is 0 Å². The number of non-ortho nitro benzene ring substituents is 1. The second-order valence-electron chi connectivity index (χ2n) is 7.40. The SMILES string of the molecule is CCOc1cc(/C=C2\N=C(c3cc([N+](=O)[O-])ccc3Cl)OC2=O)cc(Cl)c1OCc1ccccc1Br. The molecule has 0 unspecified atom stereocenters. The van der Waals surface area contributed by atoms with Gasteiger partial charge in [-0.25, -0.2) is 9.79 Å². The summed E-state index contributed by atoms with van der Waals surface area (Å²) in [5.74, 6) is -0.125. The monoisotopic (exact) mass is 590 g/mol. The first-order valence-corrected chi connectivity index (χ1v) is 12.1. The van der Waals surface area contributed by atoms with Gasteiger partial charge in [0.2, 0.25) is 5.90 Å². The topological polar surface area (TPSA) is 100 Å². The van der Waals surface area contributed by atoms with Crippen LogP contribution in [0.5, 0.6) is 11.5 Å². The lowest BCUT2D eigenvalue weighted by Gasteiger charge is -2.15. The van der Waals surface area contributed by atoms with E-state index in [1.54, 1.807) is 12.1 Å². The van der Waals surface area contributed by atoms with Gasteiger partial charge in [0.1, 0.15) is 6.61 Å². The summed E-state index contributed by atoms with van der Waals surface area (Å²) in [4.78, 5) is 27.2. The molecule has 11 heteroatoms. The molecule has 4 rings (SSSR count). The number of nitro benzene ring substituents is 1. The Morgan fingerprint density at radius 3 is 2.61 bits per heavy atom. The zero-order valence-electron chi connectivity index (χ0n) is 18.7. The van der Waals surface area contributed by atoms with Crippen LogP contribution in [0.2, 0.25) is 10.0 Å². The lowest BCUT2D eigenvalue weighted by atomic mass is 10.1. The second-order valence-corrected chi connectivity index (χ2v) is 9.07. The van der Waals surface area contributed by atoms with Crippen LogP contribution in [0.4, 0.5) is 5.69 Å². The minimum atomic E-state index is -0.740. The first kappa shape index (κ1) is 25.7. The molecule has 0 saturated carbocycles. The highest BCUT2D eigenvalue weighted by molar-refractivity contribution is 9.10. The predicted molar refractivity (Wildman–Crippen MR) is 140 cm³/mol. The summed E-state index contributed by atoms with van der Waals surface area (Å²) in [5.41, 5.74) is 1.33. The summed E-state index contributed by atoms with van der Waals surface area (Å²) in [6, 6.07) is 14.7. The molecule has 3 aromatic carbocycles. The number of ether oxygens (including phenoxy) is 3. The van der Waals surface area contributed by atoms with Crippen LogP contribution in [0.25, 0.3) is 6.08 Å². The number of nitrogens with zero attached hydrogens (tertiary/aromatic N) is 2. The molecule has 184 valence electrons. The van der Waals surface area contributed by atoms with Gasteiger partial charge in [-0.2, -0.15) is 0 Å². The van der Waals surface area contributed by atoms with Gasteiger partial charge in [-0.3, -0.25) is 10.1 Å². The summed E-state index contributed by atoms with van der Waals surface area (Å²) in [5, 5.41) is 11.5.